The highest BCUT2D eigenvalue weighted by Crippen LogP contribution is 2.43. The van der Waals surface area contributed by atoms with Crippen molar-refractivity contribution in [2.45, 2.75) is 25.7 Å². The Hall–Kier alpha value is -5.41. The molecule has 0 saturated carbocycles. The summed E-state index contributed by atoms with van der Waals surface area (Å²) in [5, 5.41) is 8.13. The van der Waals surface area contributed by atoms with Crippen LogP contribution >= 0.6 is 0 Å². The molecule has 1 N–H and O–H groups in total. The maximum atomic E-state index is 6.25. The summed E-state index contributed by atoms with van der Waals surface area (Å²) in [5.74, 6) is 1.42. The molecule has 216 valence electrons. The van der Waals surface area contributed by atoms with Gasteiger partial charge in [0.05, 0.1) is 6.61 Å². The van der Waals surface area contributed by atoms with Crippen molar-refractivity contribution in [3.63, 3.8) is 0 Å². The van der Waals surface area contributed by atoms with E-state index in [1.807, 2.05) is 18.6 Å². The Balaban J connectivity index is 1.33. The Morgan fingerprint density at radius 2 is 1.49 bits per heavy atom. The second-order valence-corrected chi connectivity index (χ2v) is 12.4. The van der Waals surface area contributed by atoms with Crippen LogP contribution in [0.1, 0.15) is 29.5 Å². The molecule has 0 fully saturated rings. The van der Waals surface area contributed by atoms with Crippen LogP contribution in [0.2, 0.25) is 0 Å². The van der Waals surface area contributed by atoms with Crippen LogP contribution in [0.4, 0.5) is 0 Å². The molecule has 0 radical (unpaired) electrons. The molecule has 3 aliphatic rings. The third-order valence-corrected chi connectivity index (χ3v) is 9.78. The van der Waals surface area contributed by atoms with Crippen LogP contribution in [0.3, 0.4) is 0 Å². The van der Waals surface area contributed by atoms with Crippen molar-refractivity contribution in [3.8, 4) is 50.3 Å². The van der Waals surface area contributed by atoms with Crippen molar-refractivity contribution < 1.29 is 4.74 Å². The molecular weight excluding hydrogens is 548 g/mol. The molecule has 1 aromatic heterocycles. The van der Waals surface area contributed by atoms with Gasteiger partial charge >= 0.3 is 0 Å². The van der Waals surface area contributed by atoms with Gasteiger partial charge in [-0.1, -0.05) is 79.7 Å². The number of hydrogen-bond acceptors (Lipinski definition) is 3. The molecule has 9 rings (SSSR count). The van der Waals surface area contributed by atoms with E-state index in [2.05, 4.69) is 127 Å². The molecule has 3 nitrogen and oxygen atoms in total. The smallest absolute Gasteiger partial charge is 0.127 e. The number of ether oxygens (including phenoxy) is 1. The van der Waals surface area contributed by atoms with Gasteiger partial charge in [0.25, 0.3) is 0 Å². The normalized spacial score (nSPS) is 15.8. The highest BCUT2D eigenvalue weighted by molar-refractivity contribution is 6.06. The lowest BCUT2D eigenvalue weighted by molar-refractivity contribution is 0.326. The SMILES string of the molecule is C[C@@H]1Cc2ccccc2-c2cc(-c3c4c(c(-c5ccc6c(c5)-c5ccccc5CCO6)c5cnccc35)=CC=CNC=4)ccc21. The Kier molecular flexibility index (Phi) is 5.99. The van der Waals surface area contributed by atoms with Crippen LogP contribution in [-0.4, -0.2) is 11.6 Å². The lowest BCUT2D eigenvalue weighted by Gasteiger charge is -2.26. The summed E-state index contributed by atoms with van der Waals surface area (Å²) in [4.78, 5) is 4.67. The molecule has 0 spiro atoms. The molecule has 1 atom stereocenters. The minimum Gasteiger partial charge on any atom is -0.493 e. The number of fused-ring (bicyclic) bond motifs is 8. The summed E-state index contributed by atoms with van der Waals surface area (Å²) >= 11 is 0. The predicted molar refractivity (Wildman–Crippen MR) is 185 cm³/mol. The average molecular weight is 581 g/mol. The minimum atomic E-state index is 0.484. The van der Waals surface area contributed by atoms with Crippen LogP contribution in [0.25, 0.3) is 67.6 Å². The zero-order valence-electron chi connectivity index (χ0n) is 25.2. The Labute approximate surface area is 262 Å². The third-order valence-electron chi connectivity index (χ3n) is 9.78. The molecule has 0 saturated heterocycles. The summed E-state index contributed by atoms with van der Waals surface area (Å²) < 4.78 is 6.25. The number of rotatable bonds is 2. The van der Waals surface area contributed by atoms with Crippen molar-refractivity contribution in [3.05, 3.63) is 143 Å². The van der Waals surface area contributed by atoms with Crippen LogP contribution in [0.15, 0.2) is 116 Å². The number of pyridine rings is 1. The predicted octanol–water partition coefficient (Wildman–Crippen LogP) is 8.13. The molecule has 6 aromatic rings. The quantitative estimate of drug-likeness (QED) is 0.225. The zero-order chi connectivity index (χ0) is 29.9. The van der Waals surface area contributed by atoms with Crippen molar-refractivity contribution >= 4 is 23.0 Å². The van der Waals surface area contributed by atoms with Gasteiger partial charge in [-0.2, -0.15) is 0 Å². The number of benzene rings is 5. The topological polar surface area (TPSA) is 34.1 Å². The first kappa shape index (κ1) is 26.0. The van der Waals surface area contributed by atoms with Gasteiger partial charge in [0.15, 0.2) is 0 Å². The van der Waals surface area contributed by atoms with Gasteiger partial charge in [0.1, 0.15) is 5.75 Å². The van der Waals surface area contributed by atoms with Crippen molar-refractivity contribution in [2.24, 2.45) is 0 Å². The van der Waals surface area contributed by atoms with Crippen LogP contribution in [-0.2, 0) is 12.8 Å². The van der Waals surface area contributed by atoms with E-state index in [1.54, 1.807) is 0 Å². The second kappa shape index (κ2) is 10.3. The van der Waals surface area contributed by atoms with Gasteiger partial charge in [-0.25, -0.2) is 0 Å². The number of aromatic nitrogens is 1. The monoisotopic (exact) mass is 580 g/mol. The summed E-state index contributed by atoms with van der Waals surface area (Å²) in [6.45, 7) is 3.03. The lowest BCUT2D eigenvalue weighted by atomic mass is 9.78. The molecule has 5 aromatic carbocycles. The van der Waals surface area contributed by atoms with Gasteiger partial charge in [-0.05, 0) is 109 Å². The number of nitrogens with zero attached hydrogens (tertiary/aromatic N) is 1. The fourth-order valence-corrected chi connectivity index (χ4v) is 7.72. The Morgan fingerprint density at radius 1 is 0.733 bits per heavy atom. The second-order valence-electron chi connectivity index (χ2n) is 12.4. The van der Waals surface area contributed by atoms with Crippen LogP contribution < -0.4 is 20.5 Å². The molecule has 1 aliphatic carbocycles. The molecule has 0 unspecified atom stereocenters. The van der Waals surface area contributed by atoms with E-state index < -0.39 is 0 Å². The van der Waals surface area contributed by atoms with Crippen molar-refractivity contribution in [1.29, 1.82) is 0 Å². The van der Waals surface area contributed by atoms with Gasteiger partial charge in [-0.3, -0.25) is 4.98 Å². The van der Waals surface area contributed by atoms with Crippen LogP contribution in [0.5, 0.6) is 5.75 Å². The molecule has 3 heteroatoms. The van der Waals surface area contributed by atoms with E-state index in [1.165, 1.54) is 65.9 Å². The van der Waals surface area contributed by atoms with Gasteiger partial charge in [0.2, 0.25) is 0 Å². The first-order chi connectivity index (χ1) is 22.2. The van der Waals surface area contributed by atoms with Crippen molar-refractivity contribution in [2.75, 3.05) is 6.61 Å². The first-order valence-electron chi connectivity index (χ1n) is 15.9. The highest BCUT2D eigenvalue weighted by Gasteiger charge is 2.24. The Morgan fingerprint density at radius 3 is 2.38 bits per heavy atom. The molecule has 2 aliphatic heterocycles. The standard InChI is InChI=1S/C42H32N2O/c1-26-21-28-8-3-5-10-33(28)36-22-29(12-14-31(26)36)42-35-16-19-44-25-39(35)41(34-11-6-18-43-24-38(34)42)30-13-15-40-37(23-30)32-9-4-2-7-27(32)17-20-45-40/h2-16,18-19,22-26,43H,17,20-21H2,1H3/t26-/m1/s1. The number of nitrogens with one attached hydrogen (secondary N) is 1. The van der Waals surface area contributed by atoms with Gasteiger partial charge < -0.3 is 10.1 Å². The maximum absolute atomic E-state index is 6.25. The van der Waals surface area contributed by atoms with E-state index in [9.17, 15) is 0 Å². The molecule has 0 amide bonds. The molecule has 3 heterocycles. The third kappa shape index (κ3) is 4.15. The fourth-order valence-electron chi connectivity index (χ4n) is 7.72. The summed E-state index contributed by atoms with van der Waals surface area (Å²) in [7, 11) is 0. The van der Waals surface area contributed by atoms with E-state index in [4.69, 9.17) is 4.74 Å². The summed E-state index contributed by atoms with van der Waals surface area (Å²) in [6.07, 6.45) is 14.4. The van der Waals surface area contributed by atoms with Crippen LogP contribution in [0, 0.1) is 0 Å². The zero-order valence-corrected chi connectivity index (χ0v) is 25.2. The fraction of sp³-hybridized carbons (Fsp3) is 0.119. The highest BCUT2D eigenvalue weighted by atomic mass is 16.5. The first-order valence-corrected chi connectivity index (χ1v) is 15.9. The average Bonchev–Trinajstić information content (AvgIpc) is 3.43. The van der Waals surface area contributed by atoms with E-state index >= 15 is 0 Å². The largest absolute Gasteiger partial charge is 0.493 e. The van der Waals surface area contributed by atoms with E-state index in [0.29, 0.717) is 12.5 Å². The lowest BCUT2D eigenvalue weighted by Crippen LogP contribution is -2.30. The Bertz CT molecular complexity index is 2330. The molecular formula is C42H32N2O. The summed E-state index contributed by atoms with van der Waals surface area (Å²) in [6, 6.07) is 33.5. The van der Waals surface area contributed by atoms with E-state index in [0.717, 1.165) is 35.1 Å². The number of allylic oxidation sites excluding steroid dienone is 1. The van der Waals surface area contributed by atoms with Gasteiger partial charge in [0, 0.05) is 47.4 Å². The van der Waals surface area contributed by atoms with Gasteiger partial charge in [-0.15, -0.1) is 0 Å². The summed E-state index contributed by atoms with van der Waals surface area (Å²) in [5.41, 5.74) is 14.0. The number of hydrogen-bond donors (Lipinski definition) is 1. The van der Waals surface area contributed by atoms with Crippen molar-refractivity contribution in [1.82, 2.24) is 10.3 Å². The maximum Gasteiger partial charge on any atom is 0.127 e. The molecule has 0 bridgehead atoms. The minimum absolute atomic E-state index is 0.484. The molecule has 45 heavy (non-hydrogen) atoms. The van der Waals surface area contributed by atoms with E-state index in [-0.39, 0.29) is 0 Å².